The highest BCUT2D eigenvalue weighted by molar-refractivity contribution is 5.57. The number of aromatic nitrogens is 2. The van der Waals surface area contributed by atoms with Crippen molar-refractivity contribution in [1.29, 1.82) is 0 Å². The lowest BCUT2D eigenvalue weighted by molar-refractivity contribution is 0.752. The van der Waals surface area contributed by atoms with Crippen molar-refractivity contribution in [2.24, 2.45) is 0 Å². The van der Waals surface area contributed by atoms with E-state index in [1.807, 2.05) is 43.3 Å². The number of aryl methyl sites for hydroxylation is 1. The van der Waals surface area contributed by atoms with E-state index in [0.717, 1.165) is 23.6 Å². The van der Waals surface area contributed by atoms with Gasteiger partial charge in [-0.05, 0) is 32.4 Å². The van der Waals surface area contributed by atoms with Crippen molar-refractivity contribution in [3.63, 3.8) is 0 Å². The molecule has 1 unspecified atom stereocenters. The minimum Gasteiger partial charge on any atom is -0.352 e. The Balaban J connectivity index is 2.17. The van der Waals surface area contributed by atoms with Gasteiger partial charge in [0, 0.05) is 23.5 Å². The largest absolute Gasteiger partial charge is 0.352 e. The van der Waals surface area contributed by atoms with Crippen LogP contribution < -0.4 is 10.6 Å². The minimum atomic E-state index is 0.367. The molecule has 1 atom stereocenters. The molecule has 100 valence electrons. The lowest BCUT2D eigenvalue weighted by Gasteiger charge is -2.13. The number of nitrogens with zero attached hydrogens (tertiary/aromatic N) is 2. The Morgan fingerprint density at radius 2 is 1.89 bits per heavy atom. The smallest absolute Gasteiger partial charge is 0.225 e. The number of rotatable bonds is 5. The predicted octanol–water partition coefficient (Wildman–Crippen LogP) is 3.74. The molecule has 19 heavy (non-hydrogen) atoms. The number of nitrogens with one attached hydrogen (secondary N) is 2. The van der Waals surface area contributed by atoms with Crippen LogP contribution in [0.3, 0.4) is 0 Å². The van der Waals surface area contributed by atoms with Gasteiger partial charge in [0.2, 0.25) is 5.95 Å². The average Bonchev–Trinajstić information content (AvgIpc) is 2.39. The van der Waals surface area contributed by atoms with Gasteiger partial charge in [0.1, 0.15) is 5.82 Å². The van der Waals surface area contributed by atoms with Gasteiger partial charge in [-0.15, -0.1) is 0 Å². The molecule has 4 nitrogen and oxygen atoms in total. The van der Waals surface area contributed by atoms with Crippen LogP contribution in [0.5, 0.6) is 0 Å². The fourth-order valence-electron chi connectivity index (χ4n) is 1.69. The first-order chi connectivity index (χ1) is 9.17. The minimum absolute atomic E-state index is 0.367. The first-order valence-electron chi connectivity index (χ1n) is 6.61. The van der Waals surface area contributed by atoms with Crippen LogP contribution in [-0.4, -0.2) is 16.0 Å². The van der Waals surface area contributed by atoms with Gasteiger partial charge in [-0.25, -0.2) is 4.98 Å². The van der Waals surface area contributed by atoms with Crippen LogP contribution in [-0.2, 0) is 0 Å². The third-order valence-electron chi connectivity index (χ3n) is 2.89. The normalized spacial score (nSPS) is 11.9. The van der Waals surface area contributed by atoms with Crippen LogP contribution in [0.15, 0.2) is 36.4 Å². The van der Waals surface area contributed by atoms with Gasteiger partial charge in [0.15, 0.2) is 0 Å². The van der Waals surface area contributed by atoms with Gasteiger partial charge in [-0.1, -0.05) is 25.1 Å². The maximum atomic E-state index is 4.48. The van der Waals surface area contributed by atoms with Crippen LogP contribution >= 0.6 is 0 Å². The molecular weight excluding hydrogens is 236 g/mol. The van der Waals surface area contributed by atoms with Crippen molar-refractivity contribution in [3.05, 3.63) is 42.1 Å². The molecule has 0 aliphatic rings. The maximum absolute atomic E-state index is 4.48. The molecule has 0 saturated carbocycles. The topological polar surface area (TPSA) is 49.8 Å². The third-order valence-corrected chi connectivity index (χ3v) is 2.89. The molecular formula is C15H20N4. The molecule has 2 rings (SSSR count). The van der Waals surface area contributed by atoms with Crippen LogP contribution in [0.1, 0.15) is 26.0 Å². The van der Waals surface area contributed by atoms with E-state index in [2.05, 4.69) is 34.4 Å². The lowest BCUT2D eigenvalue weighted by Crippen LogP contribution is -2.16. The van der Waals surface area contributed by atoms with Crippen molar-refractivity contribution in [3.8, 4) is 0 Å². The summed E-state index contributed by atoms with van der Waals surface area (Å²) in [6, 6.07) is 12.3. The van der Waals surface area contributed by atoms with Crippen molar-refractivity contribution >= 4 is 17.5 Å². The summed E-state index contributed by atoms with van der Waals surface area (Å²) in [6.07, 6.45) is 1.04. The van der Waals surface area contributed by atoms with Gasteiger partial charge >= 0.3 is 0 Å². The van der Waals surface area contributed by atoms with Gasteiger partial charge in [-0.3, -0.25) is 0 Å². The summed E-state index contributed by atoms with van der Waals surface area (Å²) < 4.78 is 0. The van der Waals surface area contributed by atoms with Gasteiger partial charge in [0.25, 0.3) is 0 Å². The summed E-state index contributed by atoms with van der Waals surface area (Å²) in [4.78, 5) is 8.88. The second-order valence-electron chi connectivity index (χ2n) is 4.66. The highest BCUT2D eigenvalue weighted by Crippen LogP contribution is 2.16. The molecule has 1 aromatic carbocycles. The molecule has 1 heterocycles. The molecule has 0 spiro atoms. The van der Waals surface area contributed by atoms with Crippen molar-refractivity contribution in [1.82, 2.24) is 9.97 Å². The summed E-state index contributed by atoms with van der Waals surface area (Å²) in [6.45, 7) is 6.23. The standard InChI is InChI=1S/C15H20N4/c1-4-11(2)16-15-17-12(3)10-14(19-15)18-13-8-6-5-7-9-13/h5-11H,4H2,1-3H3,(H2,16,17,18,19). The molecule has 0 saturated heterocycles. The molecule has 0 aliphatic heterocycles. The Kier molecular flexibility index (Phi) is 4.34. The Morgan fingerprint density at radius 1 is 1.16 bits per heavy atom. The first-order valence-corrected chi connectivity index (χ1v) is 6.61. The Bertz CT molecular complexity index is 525. The second kappa shape index (κ2) is 6.18. The zero-order valence-corrected chi connectivity index (χ0v) is 11.6. The number of para-hydroxylation sites is 1. The highest BCUT2D eigenvalue weighted by Gasteiger charge is 2.05. The van der Waals surface area contributed by atoms with Crippen molar-refractivity contribution in [2.45, 2.75) is 33.2 Å². The van der Waals surface area contributed by atoms with E-state index in [1.165, 1.54) is 0 Å². The molecule has 2 N–H and O–H groups in total. The van der Waals surface area contributed by atoms with E-state index < -0.39 is 0 Å². The van der Waals surface area contributed by atoms with Gasteiger partial charge in [-0.2, -0.15) is 4.98 Å². The first kappa shape index (κ1) is 13.3. The zero-order valence-electron chi connectivity index (χ0n) is 11.6. The fraction of sp³-hybridized carbons (Fsp3) is 0.333. The van der Waals surface area contributed by atoms with Crippen LogP contribution in [0.4, 0.5) is 17.5 Å². The summed E-state index contributed by atoms with van der Waals surface area (Å²) in [5.74, 6) is 1.48. The lowest BCUT2D eigenvalue weighted by atomic mass is 10.3. The van der Waals surface area contributed by atoms with Crippen LogP contribution in [0.25, 0.3) is 0 Å². The molecule has 0 fully saturated rings. The summed E-state index contributed by atoms with van der Waals surface area (Å²) in [7, 11) is 0. The Labute approximate surface area is 114 Å². The van der Waals surface area contributed by atoms with Crippen LogP contribution in [0.2, 0.25) is 0 Å². The average molecular weight is 256 g/mol. The summed E-state index contributed by atoms with van der Waals surface area (Å²) in [5.41, 5.74) is 1.97. The molecule has 0 radical (unpaired) electrons. The third kappa shape index (κ3) is 3.95. The zero-order chi connectivity index (χ0) is 13.7. The Hall–Kier alpha value is -2.10. The number of hydrogen-bond acceptors (Lipinski definition) is 4. The second-order valence-corrected chi connectivity index (χ2v) is 4.66. The molecule has 0 amide bonds. The number of anilines is 3. The van der Waals surface area contributed by atoms with E-state index in [4.69, 9.17) is 0 Å². The molecule has 2 aromatic rings. The monoisotopic (exact) mass is 256 g/mol. The summed E-state index contributed by atoms with van der Waals surface area (Å²) in [5, 5.41) is 6.58. The van der Waals surface area contributed by atoms with Gasteiger partial charge < -0.3 is 10.6 Å². The molecule has 1 aromatic heterocycles. The molecule has 4 heteroatoms. The molecule has 0 bridgehead atoms. The SMILES string of the molecule is CCC(C)Nc1nc(C)cc(Nc2ccccc2)n1. The predicted molar refractivity (Wildman–Crippen MR) is 79.9 cm³/mol. The van der Waals surface area contributed by atoms with Crippen LogP contribution in [0, 0.1) is 6.92 Å². The Morgan fingerprint density at radius 3 is 2.58 bits per heavy atom. The fourth-order valence-corrected chi connectivity index (χ4v) is 1.69. The highest BCUT2D eigenvalue weighted by atomic mass is 15.2. The van der Waals surface area contributed by atoms with E-state index in [0.29, 0.717) is 12.0 Å². The summed E-state index contributed by atoms with van der Waals surface area (Å²) >= 11 is 0. The molecule has 0 aliphatic carbocycles. The van der Waals surface area contributed by atoms with Gasteiger partial charge in [0.05, 0.1) is 0 Å². The van der Waals surface area contributed by atoms with E-state index in [-0.39, 0.29) is 0 Å². The number of hydrogen-bond donors (Lipinski definition) is 2. The van der Waals surface area contributed by atoms with Crippen molar-refractivity contribution < 1.29 is 0 Å². The van der Waals surface area contributed by atoms with Crippen molar-refractivity contribution in [2.75, 3.05) is 10.6 Å². The van der Waals surface area contributed by atoms with E-state index >= 15 is 0 Å². The number of benzene rings is 1. The maximum Gasteiger partial charge on any atom is 0.225 e. The van der Waals surface area contributed by atoms with E-state index in [9.17, 15) is 0 Å². The van der Waals surface area contributed by atoms with E-state index in [1.54, 1.807) is 0 Å². The quantitative estimate of drug-likeness (QED) is 0.855.